The van der Waals surface area contributed by atoms with Gasteiger partial charge in [0, 0.05) is 5.75 Å². The minimum absolute atomic E-state index is 0.173. The molecule has 0 saturated heterocycles. The maximum Gasteiger partial charge on any atom is 0.313 e. The minimum atomic E-state index is -0.753. The summed E-state index contributed by atoms with van der Waals surface area (Å²) in [6.07, 6.45) is 31.9. The molecule has 0 aromatic carbocycles. The zero-order chi connectivity index (χ0) is 18.4. The third-order valence-electron chi connectivity index (χ3n) is 3.04. The van der Waals surface area contributed by atoms with Gasteiger partial charge in [-0.3, -0.25) is 4.79 Å². The minimum Gasteiger partial charge on any atom is -0.481 e. The Balaban J connectivity index is 3.50. The Morgan fingerprint density at radius 3 is 1.40 bits per heavy atom. The number of carboxylic acids is 1. The van der Waals surface area contributed by atoms with Crippen molar-refractivity contribution in [3.8, 4) is 0 Å². The quantitative estimate of drug-likeness (QED) is 0.267. The molecule has 0 spiro atoms. The Morgan fingerprint density at radius 2 is 1.04 bits per heavy atom. The normalized spacial score (nSPS) is 13.0. The predicted molar refractivity (Wildman–Crippen MR) is 113 cm³/mol. The van der Waals surface area contributed by atoms with Crippen molar-refractivity contribution in [3.05, 3.63) is 72.9 Å². The number of hydrogen-bond donors (Lipinski definition) is 1. The lowest BCUT2D eigenvalue weighted by Crippen LogP contribution is -1.97. The smallest absolute Gasteiger partial charge is 0.313 e. The fourth-order valence-corrected chi connectivity index (χ4v) is 2.37. The number of allylic oxidation sites excluding steroid dienone is 11. The summed E-state index contributed by atoms with van der Waals surface area (Å²) in [5.74, 6) is 0.180. The highest BCUT2D eigenvalue weighted by Gasteiger charge is 1.92. The SMILES string of the molecule is CC/C=C\C/C=C\C/C=C\C/C=C\C/C=C\C/C=C\CSCC(=O)O. The second-order valence-electron chi connectivity index (χ2n) is 5.32. The summed E-state index contributed by atoms with van der Waals surface area (Å²) < 4.78 is 0. The molecule has 25 heavy (non-hydrogen) atoms. The van der Waals surface area contributed by atoms with Crippen LogP contribution in [0.25, 0.3) is 0 Å². The molecule has 0 heterocycles. The lowest BCUT2D eigenvalue weighted by molar-refractivity contribution is -0.133. The summed E-state index contributed by atoms with van der Waals surface area (Å²) in [6.45, 7) is 2.15. The summed E-state index contributed by atoms with van der Waals surface area (Å²) in [7, 11) is 0. The lowest BCUT2D eigenvalue weighted by atomic mass is 10.2. The summed E-state index contributed by atoms with van der Waals surface area (Å²) in [5, 5.41) is 8.49. The van der Waals surface area contributed by atoms with Crippen LogP contribution < -0.4 is 0 Å². The first-order valence-electron chi connectivity index (χ1n) is 8.96. The first-order chi connectivity index (χ1) is 12.3. The molecule has 3 heteroatoms. The van der Waals surface area contributed by atoms with Crippen LogP contribution in [-0.2, 0) is 4.79 Å². The van der Waals surface area contributed by atoms with Crippen LogP contribution in [0.5, 0.6) is 0 Å². The van der Waals surface area contributed by atoms with E-state index in [4.69, 9.17) is 5.11 Å². The standard InChI is InChI=1S/C22H32O2S/c1-2-3-4-5-6-7-8-9-10-11-12-13-14-15-16-17-18-19-20-25-21-22(23)24/h3-4,6-7,9-10,12-13,15-16,18-19H,2,5,8,11,14,17,20-21H2,1H3,(H,23,24)/b4-3-,7-6-,10-9-,13-12-,16-15-,19-18-. The second kappa shape index (κ2) is 20.3. The average Bonchev–Trinajstić information content (AvgIpc) is 2.60. The van der Waals surface area contributed by atoms with Gasteiger partial charge < -0.3 is 5.11 Å². The van der Waals surface area contributed by atoms with E-state index in [9.17, 15) is 4.79 Å². The van der Waals surface area contributed by atoms with Gasteiger partial charge >= 0.3 is 5.97 Å². The highest BCUT2D eigenvalue weighted by atomic mass is 32.2. The number of rotatable bonds is 15. The van der Waals surface area contributed by atoms with Gasteiger partial charge in [-0.15, -0.1) is 11.8 Å². The van der Waals surface area contributed by atoms with Crippen LogP contribution in [-0.4, -0.2) is 22.6 Å². The topological polar surface area (TPSA) is 37.3 Å². The summed E-state index contributed by atoms with van der Waals surface area (Å²) in [4.78, 5) is 10.3. The van der Waals surface area contributed by atoms with Gasteiger partial charge in [0.15, 0.2) is 0 Å². The number of thioether (sulfide) groups is 1. The van der Waals surface area contributed by atoms with Crippen LogP contribution in [0.1, 0.15) is 45.4 Å². The molecule has 0 aliphatic heterocycles. The number of carbonyl (C=O) groups is 1. The van der Waals surface area contributed by atoms with Crippen LogP contribution in [0.3, 0.4) is 0 Å². The molecule has 2 nitrogen and oxygen atoms in total. The lowest BCUT2D eigenvalue weighted by Gasteiger charge is -1.90. The largest absolute Gasteiger partial charge is 0.481 e. The second-order valence-corrected chi connectivity index (χ2v) is 6.35. The van der Waals surface area contributed by atoms with E-state index in [1.165, 1.54) is 11.8 Å². The van der Waals surface area contributed by atoms with Crippen LogP contribution >= 0.6 is 11.8 Å². The van der Waals surface area contributed by atoms with E-state index in [0.717, 1.165) is 44.3 Å². The first kappa shape index (κ1) is 23.3. The van der Waals surface area contributed by atoms with Gasteiger partial charge in [-0.2, -0.15) is 0 Å². The van der Waals surface area contributed by atoms with Gasteiger partial charge in [-0.1, -0.05) is 79.8 Å². The van der Waals surface area contributed by atoms with E-state index in [1.54, 1.807) is 0 Å². The van der Waals surface area contributed by atoms with E-state index < -0.39 is 5.97 Å². The molecular weight excluding hydrogens is 328 g/mol. The van der Waals surface area contributed by atoms with Gasteiger partial charge in [0.1, 0.15) is 0 Å². The fraction of sp³-hybridized carbons (Fsp3) is 0.409. The van der Waals surface area contributed by atoms with Crippen LogP contribution in [0.4, 0.5) is 0 Å². The molecule has 0 bridgehead atoms. The molecule has 0 unspecified atom stereocenters. The summed E-state index contributed by atoms with van der Waals surface area (Å²) >= 11 is 1.41. The zero-order valence-electron chi connectivity index (χ0n) is 15.3. The molecule has 0 aliphatic carbocycles. The van der Waals surface area contributed by atoms with Crippen molar-refractivity contribution >= 4 is 17.7 Å². The maximum absolute atomic E-state index is 10.3. The molecule has 0 radical (unpaired) electrons. The van der Waals surface area contributed by atoms with Crippen LogP contribution in [0.15, 0.2) is 72.9 Å². The van der Waals surface area contributed by atoms with Crippen molar-refractivity contribution in [2.24, 2.45) is 0 Å². The molecule has 0 aliphatic rings. The molecule has 138 valence electrons. The summed E-state index contributed by atoms with van der Waals surface area (Å²) in [5.41, 5.74) is 0. The Kier molecular flexibility index (Phi) is 18.9. The van der Waals surface area contributed by atoms with Crippen molar-refractivity contribution < 1.29 is 9.90 Å². The van der Waals surface area contributed by atoms with Crippen molar-refractivity contribution in [1.82, 2.24) is 0 Å². The van der Waals surface area contributed by atoms with Gasteiger partial charge in [0.05, 0.1) is 5.75 Å². The van der Waals surface area contributed by atoms with Gasteiger partial charge in [0.25, 0.3) is 0 Å². The van der Waals surface area contributed by atoms with E-state index in [1.807, 2.05) is 6.08 Å². The Morgan fingerprint density at radius 1 is 0.680 bits per heavy atom. The van der Waals surface area contributed by atoms with Crippen molar-refractivity contribution in [1.29, 1.82) is 0 Å². The molecule has 0 fully saturated rings. The Labute approximate surface area is 157 Å². The third kappa shape index (κ3) is 22.3. The monoisotopic (exact) mass is 360 g/mol. The van der Waals surface area contributed by atoms with Gasteiger partial charge in [-0.05, 0) is 38.5 Å². The first-order valence-corrected chi connectivity index (χ1v) is 10.1. The molecular formula is C22H32O2S. The fourth-order valence-electron chi connectivity index (χ4n) is 1.80. The Hall–Kier alpha value is -1.74. The molecule has 1 N–H and O–H groups in total. The molecule has 0 aromatic rings. The van der Waals surface area contributed by atoms with Crippen LogP contribution in [0, 0.1) is 0 Å². The Bertz CT molecular complexity index is 482. The molecule has 0 aromatic heterocycles. The molecule has 0 saturated carbocycles. The summed E-state index contributed by atoms with van der Waals surface area (Å²) in [6, 6.07) is 0. The van der Waals surface area contributed by atoms with Gasteiger partial charge in [0.2, 0.25) is 0 Å². The number of hydrogen-bond acceptors (Lipinski definition) is 2. The zero-order valence-corrected chi connectivity index (χ0v) is 16.2. The van der Waals surface area contributed by atoms with Gasteiger partial charge in [-0.25, -0.2) is 0 Å². The third-order valence-corrected chi connectivity index (χ3v) is 3.92. The van der Waals surface area contributed by atoms with Crippen molar-refractivity contribution in [2.45, 2.75) is 45.4 Å². The van der Waals surface area contributed by atoms with E-state index in [2.05, 4.69) is 73.8 Å². The van der Waals surface area contributed by atoms with Crippen molar-refractivity contribution in [2.75, 3.05) is 11.5 Å². The molecule has 0 amide bonds. The average molecular weight is 361 g/mol. The predicted octanol–water partition coefficient (Wildman–Crippen LogP) is 6.50. The maximum atomic E-state index is 10.3. The van der Waals surface area contributed by atoms with Crippen LogP contribution in [0.2, 0.25) is 0 Å². The number of carboxylic acid groups (broad SMARTS) is 1. The highest BCUT2D eigenvalue weighted by molar-refractivity contribution is 8.00. The molecule has 0 rings (SSSR count). The number of aliphatic carboxylic acids is 1. The van der Waals surface area contributed by atoms with Crippen molar-refractivity contribution in [3.63, 3.8) is 0 Å². The highest BCUT2D eigenvalue weighted by Crippen LogP contribution is 2.00. The molecule has 0 atom stereocenters. The van der Waals surface area contributed by atoms with E-state index >= 15 is 0 Å². The van der Waals surface area contributed by atoms with E-state index in [-0.39, 0.29) is 5.75 Å². The van der Waals surface area contributed by atoms with E-state index in [0.29, 0.717) is 0 Å².